The number of fused-ring (bicyclic) bond motifs is 2. The Hall–Kier alpha value is -1.43. The van der Waals surface area contributed by atoms with Crippen LogP contribution < -0.4 is 4.90 Å². The van der Waals surface area contributed by atoms with E-state index in [1.165, 1.54) is 12.8 Å². The Morgan fingerprint density at radius 2 is 1.91 bits per heavy atom. The molecule has 2 saturated heterocycles. The van der Waals surface area contributed by atoms with E-state index in [4.69, 9.17) is 4.98 Å². The van der Waals surface area contributed by atoms with Gasteiger partial charge in [0.1, 0.15) is 11.6 Å². The first-order chi connectivity index (χ1) is 11.1. The van der Waals surface area contributed by atoms with Crippen molar-refractivity contribution in [3.63, 3.8) is 0 Å². The van der Waals surface area contributed by atoms with E-state index in [9.17, 15) is 0 Å². The van der Waals surface area contributed by atoms with Gasteiger partial charge in [-0.05, 0) is 47.7 Å². The fraction of sp³-hybridized carbons (Fsp3) is 0.588. The molecule has 6 heteroatoms. The Morgan fingerprint density at radius 1 is 1.17 bits per heavy atom. The number of hydrogen-bond acceptors (Lipinski definition) is 4. The molecule has 4 rings (SSSR count). The Labute approximate surface area is 145 Å². The van der Waals surface area contributed by atoms with Crippen LogP contribution >= 0.6 is 15.9 Å². The summed E-state index contributed by atoms with van der Waals surface area (Å²) in [5.41, 5.74) is 0. The molecule has 5 nitrogen and oxygen atoms in total. The summed E-state index contributed by atoms with van der Waals surface area (Å²) in [5, 5.41) is 4.50. The highest BCUT2D eigenvalue weighted by Crippen LogP contribution is 2.42. The van der Waals surface area contributed by atoms with Gasteiger partial charge in [-0.15, -0.1) is 0 Å². The van der Waals surface area contributed by atoms with Gasteiger partial charge in [0, 0.05) is 30.4 Å². The maximum absolute atomic E-state index is 4.82. The van der Waals surface area contributed by atoms with Crippen LogP contribution in [0.1, 0.15) is 57.3 Å². The molecule has 2 unspecified atom stereocenters. The maximum Gasteiger partial charge on any atom is 0.133 e. The van der Waals surface area contributed by atoms with Gasteiger partial charge in [-0.25, -0.2) is 9.97 Å². The lowest BCUT2D eigenvalue weighted by Crippen LogP contribution is -2.44. The third kappa shape index (κ3) is 2.77. The van der Waals surface area contributed by atoms with Gasteiger partial charge in [-0.3, -0.25) is 4.68 Å². The summed E-state index contributed by atoms with van der Waals surface area (Å²) in [7, 11) is 0. The Balaban J connectivity index is 1.58. The summed E-state index contributed by atoms with van der Waals surface area (Å²) >= 11 is 3.50. The van der Waals surface area contributed by atoms with E-state index in [2.05, 4.69) is 61.7 Å². The zero-order chi connectivity index (χ0) is 16.0. The number of aromatic nitrogens is 4. The summed E-state index contributed by atoms with van der Waals surface area (Å²) in [6, 6.07) is 3.71. The van der Waals surface area contributed by atoms with Gasteiger partial charge in [0.05, 0.1) is 16.7 Å². The molecule has 0 saturated carbocycles. The molecular weight excluding hydrogens is 354 g/mol. The van der Waals surface area contributed by atoms with Crippen molar-refractivity contribution >= 4 is 21.7 Å². The van der Waals surface area contributed by atoms with Crippen molar-refractivity contribution in [2.24, 2.45) is 0 Å². The van der Waals surface area contributed by atoms with Crippen LogP contribution in [0, 0.1) is 0 Å². The second kappa shape index (κ2) is 5.89. The zero-order valence-corrected chi connectivity index (χ0v) is 15.1. The highest BCUT2D eigenvalue weighted by Gasteiger charge is 2.42. The largest absolute Gasteiger partial charge is 0.350 e. The first-order valence-electron chi connectivity index (χ1n) is 8.42. The summed E-state index contributed by atoms with van der Waals surface area (Å²) in [6.45, 7) is 4.30. The van der Waals surface area contributed by atoms with Gasteiger partial charge in [-0.2, -0.15) is 5.10 Å². The van der Waals surface area contributed by atoms with E-state index in [0.29, 0.717) is 24.0 Å². The van der Waals surface area contributed by atoms with Gasteiger partial charge in [0.2, 0.25) is 0 Å². The van der Waals surface area contributed by atoms with Crippen LogP contribution in [0.3, 0.4) is 0 Å². The second-order valence-electron chi connectivity index (χ2n) is 6.98. The highest BCUT2D eigenvalue weighted by atomic mass is 79.9. The molecule has 0 amide bonds. The molecule has 2 bridgehead atoms. The Kier molecular flexibility index (Phi) is 3.87. The van der Waals surface area contributed by atoms with Crippen molar-refractivity contribution in [2.75, 3.05) is 4.90 Å². The van der Waals surface area contributed by atoms with E-state index < -0.39 is 0 Å². The normalized spacial score (nSPS) is 27.0. The third-order valence-electron chi connectivity index (χ3n) is 5.09. The predicted molar refractivity (Wildman–Crippen MR) is 93.6 cm³/mol. The first-order valence-corrected chi connectivity index (χ1v) is 9.22. The van der Waals surface area contributed by atoms with Crippen molar-refractivity contribution < 1.29 is 0 Å². The van der Waals surface area contributed by atoms with Gasteiger partial charge in [-0.1, -0.05) is 13.8 Å². The molecule has 0 N–H and O–H groups in total. The summed E-state index contributed by atoms with van der Waals surface area (Å²) < 4.78 is 3.19. The number of piperidine rings is 1. The van der Waals surface area contributed by atoms with Gasteiger partial charge >= 0.3 is 0 Å². The number of rotatable bonds is 3. The van der Waals surface area contributed by atoms with Crippen molar-refractivity contribution in [2.45, 2.75) is 63.6 Å². The Bertz CT molecular complexity index is 684. The molecule has 0 aromatic carbocycles. The molecule has 2 aromatic heterocycles. The molecule has 2 aliphatic rings. The number of anilines is 1. The SMILES string of the molecule is CC(C)c1nccc(N2C3CCC2CC(n2cc(Br)cn2)C3)n1. The summed E-state index contributed by atoms with van der Waals surface area (Å²) in [5.74, 6) is 2.42. The molecule has 2 aromatic rings. The molecule has 2 atom stereocenters. The highest BCUT2D eigenvalue weighted by molar-refractivity contribution is 9.10. The average Bonchev–Trinajstić information content (AvgIpc) is 3.09. The molecule has 122 valence electrons. The van der Waals surface area contributed by atoms with E-state index in [-0.39, 0.29) is 0 Å². The minimum absolute atomic E-state index is 0.367. The van der Waals surface area contributed by atoms with Crippen molar-refractivity contribution in [3.8, 4) is 0 Å². The second-order valence-corrected chi connectivity index (χ2v) is 7.90. The van der Waals surface area contributed by atoms with Gasteiger partial charge < -0.3 is 4.90 Å². The third-order valence-corrected chi connectivity index (χ3v) is 5.50. The van der Waals surface area contributed by atoms with Crippen molar-refractivity contribution in [3.05, 3.63) is 35.0 Å². The quantitative estimate of drug-likeness (QED) is 0.814. The van der Waals surface area contributed by atoms with Gasteiger partial charge in [0.25, 0.3) is 0 Å². The van der Waals surface area contributed by atoms with Crippen LogP contribution in [0.4, 0.5) is 5.82 Å². The maximum atomic E-state index is 4.82. The minimum Gasteiger partial charge on any atom is -0.350 e. The molecule has 0 spiro atoms. The number of halogens is 1. The standard InChI is InChI=1S/C17H22BrN5/c1-11(2)17-19-6-5-16(21-17)23-13-3-4-14(23)8-15(7-13)22-10-12(18)9-20-22/h5-6,9-11,13-15H,3-4,7-8H2,1-2H3. The lowest BCUT2D eigenvalue weighted by atomic mass is 9.97. The summed E-state index contributed by atoms with van der Waals surface area (Å²) in [6.07, 6.45) is 10.7. The van der Waals surface area contributed by atoms with E-state index in [0.717, 1.165) is 29.0 Å². The minimum atomic E-state index is 0.367. The van der Waals surface area contributed by atoms with Crippen LogP contribution in [0.15, 0.2) is 29.1 Å². The van der Waals surface area contributed by atoms with Crippen LogP contribution in [-0.4, -0.2) is 31.8 Å². The van der Waals surface area contributed by atoms with Crippen molar-refractivity contribution in [1.82, 2.24) is 19.7 Å². The smallest absolute Gasteiger partial charge is 0.133 e. The monoisotopic (exact) mass is 375 g/mol. The zero-order valence-electron chi connectivity index (χ0n) is 13.6. The molecule has 2 aliphatic heterocycles. The van der Waals surface area contributed by atoms with Crippen LogP contribution in [-0.2, 0) is 0 Å². The van der Waals surface area contributed by atoms with E-state index >= 15 is 0 Å². The van der Waals surface area contributed by atoms with Crippen LogP contribution in [0.25, 0.3) is 0 Å². The topological polar surface area (TPSA) is 46.8 Å². The summed E-state index contributed by atoms with van der Waals surface area (Å²) in [4.78, 5) is 11.8. The molecule has 0 radical (unpaired) electrons. The number of hydrogen-bond donors (Lipinski definition) is 0. The van der Waals surface area contributed by atoms with Crippen LogP contribution in [0.2, 0.25) is 0 Å². The molecule has 2 fully saturated rings. The Morgan fingerprint density at radius 3 is 2.52 bits per heavy atom. The molecule has 4 heterocycles. The first kappa shape index (κ1) is 15.1. The van der Waals surface area contributed by atoms with E-state index in [1.54, 1.807) is 0 Å². The molecule has 0 aliphatic carbocycles. The molecular formula is C17H22BrN5. The van der Waals surface area contributed by atoms with Crippen LogP contribution in [0.5, 0.6) is 0 Å². The average molecular weight is 376 g/mol. The number of nitrogens with zero attached hydrogens (tertiary/aromatic N) is 5. The van der Waals surface area contributed by atoms with E-state index in [1.807, 2.05) is 12.4 Å². The fourth-order valence-electron chi connectivity index (χ4n) is 4.04. The van der Waals surface area contributed by atoms with Crippen molar-refractivity contribution in [1.29, 1.82) is 0 Å². The fourth-order valence-corrected chi connectivity index (χ4v) is 4.34. The lowest BCUT2D eigenvalue weighted by molar-refractivity contribution is 0.313. The lowest BCUT2D eigenvalue weighted by Gasteiger charge is -2.40. The predicted octanol–water partition coefficient (Wildman–Crippen LogP) is 3.93. The molecule has 23 heavy (non-hydrogen) atoms. The van der Waals surface area contributed by atoms with Gasteiger partial charge in [0.15, 0.2) is 0 Å².